The molecule has 2 aliphatic rings. The summed E-state index contributed by atoms with van der Waals surface area (Å²) in [4.78, 5) is 50.2. The molecule has 0 bridgehead atoms. The van der Waals surface area contributed by atoms with Crippen LogP contribution in [-0.2, 0) is 14.3 Å². The average molecular weight is 607 g/mol. The third kappa shape index (κ3) is 5.15. The fourth-order valence-corrected chi connectivity index (χ4v) is 7.28. The van der Waals surface area contributed by atoms with E-state index in [0.29, 0.717) is 29.3 Å². The van der Waals surface area contributed by atoms with E-state index in [0.717, 1.165) is 11.1 Å². The summed E-state index contributed by atoms with van der Waals surface area (Å²) in [6, 6.07) is 21.6. The number of amides is 1. The predicted octanol–water partition coefficient (Wildman–Crippen LogP) is 5.92. The van der Waals surface area contributed by atoms with Crippen molar-refractivity contribution >= 4 is 34.8 Å². The van der Waals surface area contributed by atoms with Gasteiger partial charge < -0.3 is 18.8 Å². The van der Waals surface area contributed by atoms with Crippen molar-refractivity contribution in [3.8, 4) is 11.1 Å². The summed E-state index contributed by atoms with van der Waals surface area (Å²) < 4.78 is 12.8. The zero-order valence-electron chi connectivity index (χ0n) is 24.1. The molecular weight excluding hydrogens is 576 g/mol. The van der Waals surface area contributed by atoms with Gasteiger partial charge in [0, 0.05) is 30.2 Å². The molecule has 0 unspecified atom stereocenters. The molecule has 5 aromatic rings. The maximum Gasteiger partial charge on any atom is 0.357 e. The summed E-state index contributed by atoms with van der Waals surface area (Å²) >= 11 is 1.31. The largest absolute Gasteiger partial charge is 0.465 e. The summed E-state index contributed by atoms with van der Waals surface area (Å²) in [6.07, 6.45) is 4.23. The molecule has 10 heteroatoms. The molecule has 1 aliphatic heterocycles. The van der Waals surface area contributed by atoms with Crippen LogP contribution in [0.2, 0.25) is 0 Å². The number of carbonyl (C=O) groups is 3. The minimum atomic E-state index is -0.499. The molecule has 0 radical (unpaired) electrons. The summed E-state index contributed by atoms with van der Waals surface area (Å²) in [5.41, 5.74) is 5.86. The number of fused-ring (bicyclic) bond motifs is 4. The van der Waals surface area contributed by atoms with E-state index in [1.807, 2.05) is 48.7 Å². The van der Waals surface area contributed by atoms with E-state index in [4.69, 9.17) is 9.47 Å². The molecule has 0 N–H and O–H groups in total. The first-order valence-electron chi connectivity index (χ1n) is 14.7. The van der Waals surface area contributed by atoms with Crippen molar-refractivity contribution in [2.75, 3.05) is 19.8 Å². The number of hydrogen-bond acceptors (Lipinski definition) is 8. The van der Waals surface area contributed by atoms with Crippen molar-refractivity contribution in [3.63, 3.8) is 0 Å². The first-order chi connectivity index (χ1) is 21.5. The summed E-state index contributed by atoms with van der Waals surface area (Å²) in [5.74, 6) is -1.22. The van der Waals surface area contributed by atoms with E-state index in [2.05, 4.69) is 34.2 Å². The van der Waals surface area contributed by atoms with Crippen molar-refractivity contribution in [1.29, 1.82) is 0 Å². The second-order valence-corrected chi connectivity index (χ2v) is 12.0. The lowest BCUT2D eigenvalue weighted by Gasteiger charge is -2.22. The topological polar surface area (TPSA) is 103 Å². The van der Waals surface area contributed by atoms with Gasteiger partial charge in [-0.15, -0.1) is 11.3 Å². The van der Waals surface area contributed by atoms with E-state index >= 15 is 0 Å². The number of pyridine rings is 1. The quantitative estimate of drug-likeness (QED) is 0.202. The lowest BCUT2D eigenvalue weighted by Crippen LogP contribution is -2.31. The Morgan fingerprint density at radius 3 is 2.36 bits per heavy atom. The van der Waals surface area contributed by atoms with Crippen LogP contribution in [0.1, 0.15) is 68.8 Å². The molecule has 1 amide bonds. The number of esters is 2. The van der Waals surface area contributed by atoms with E-state index in [1.165, 1.54) is 22.5 Å². The first kappa shape index (κ1) is 28.0. The lowest BCUT2D eigenvalue weighted by atomic mass is 9.98. The van der Waals surface area contributed by atoms with Gasteiger partial charge in [0.1, 0.15) is 23.0 Å². The molecule has 2 aromatic carbocycles. The van der Waals surface area contributed by atoms with E-state index < -0.39 is 12.0 Å². The van der Waals surface area contributed by atoms with Gasteiger partial charge in [-0.2, -0.15) is 0 Å². The molecule has 44 heavy (non-hydrogen) atoms. The van der Waals surface area contributed by atoms with Gasteiger partial charge in [-0.25, -0.2) is 14.8 Å². The van der Waals surface area contributed by atoms with E-state index in [9.17, 15) is 14.4 Å². The highest BCUT2D eigenvalue weighted by atomic mass is 32.1. The molecule has 0 saturated carbocycles. The van der Waals surface area contributed by atoms with Gasteiger partial charge in [0.05, 0.1) is 19.1 Å². The van der Waals surface area contributed by atoms with Crippen LogP contribution in [0.15, 0.2) is 84.5 Å². The van der Waals surface area contributed by atoms with Crippen molar-refractivity contribution < 1.29 is 23.9 Å². The standard InChI is InChI=1S/C34H30N4O5S/c1-2-42-34(41)28-20-44-32(36-28)29-15-21(17-38(29)33(40)27-18-37-14-8-7-13-30(37)35-27)16-31(39)43-19-26-24-11-5-3-9-22(24)23-10-4-6-12-25(23)26/h3-14,18,20-21,26,29H,2,15-17,19H2,1H3/t21-,29-/m0/s1. The highest BCUT2D eigenvalue weighted by molar-refractivity contribution is 7.09. The van der Waals surface area contributed by atoms with Gasteiger partial charge in [0.25, 0.3) is 5.91 Å². The Hall–Kier alpha value is -4.83. The summed E-state index contributed by atoms with van der Waals surface area (Å²) in [7, 11) is 0. The van der Waals surface area contributed by atoms with Crippen molar-refractivity contribution in [2.24, 2.45) is 5.92 Å². The van der Waals surface area contributed by atoms with Gasteiger partial charge in [-0.05, 0) is 53.6 Å². The number of ether oxygens (including phenoxy) is 2. The Balaban J connectivity index is 1.09. The van der Waals surface area contributed by atoms with Gasteiger partial charge in [0.15, 0.2) is 5.69 Å². The number of nitrogens with zero attached hydrogens (tertiary/aromatic N) is 4. The lowest BCUT2D eigenvalue weighted by molar-refractivity contribution is -0.144. The van der Waals surface area contributed by atoms with Crippen molar-refractivity contribution in [2.45, 2.75) is 31.7 Å². The first-order valence-corrected chi connectivity index (χ1v) is 15.6. The number of imidazole rings is 1. The van der Waals surface area contributed by atoms with Gasteiger partial charge in [-0.3, -0.25) is 9.59 Å². The molecule has 2 atom stereocenters. The zero-order chi connectivity index (χ0) is 30.2. The van der Waals surface area contributed by atoms with Gasteiger partial charge in [-0.1, -0.05) is 54.6 Å². The van der Waals surface area contributed by atoms with Crippen LogP contribution in [0.5, 0.6) is 0 Å². The second-order valence-electron chi connectivity index (χ2n) is 11.1. The zero-order valence-corrected chi connectivity index (χ0v) is 24.9. The molecule has 7 rings (SSSR count). The summed E-state index contributed by atoms with van der Waals surface area (Å²) in [6.45, 7) is 2.58. The van der Waals surface area contributed by atoms with Crippen LogP contribution in [0, 0.1) is 5.92 Å². The number of benzene rings is 2. The Morgan fingerprint density at radius 1 is 0.909 bits per heavy atom. The SMILES string of the molecule is CCOC(=O)c1csc([C@@H]2C[C@@H](CC(=O)OCC3c4ccccc4-c4ccccc43)CN2C(=O)c2cn3ccccc3n2)n1. The Bertz CT molecular complexity index is 1800. The predicted molar refractivity (Wildman–Crippen MR) is 164 cm³/mol. The normalized spacial score (nSPS) is 17.4. The minimum Gasteiger partial charge on any atom is -0.465 e. The maximum atomic E-state index is 13.8. The number of rotatable bonds is 8. The number of likely N-dealkylation sites (tertiary alicyclic amines) is 1. The molecule has 1 saturated heterocycles. The number of carbonyl (C=O) groups excluding carboxylic acids is 3. The highest BCUT2D eigenvalue weighted by Crippen LogP contribution is 2.45. The molecule has 9 nitrogen and oxygen atoms in total. The smallest absolute Gasteiger partial charge is 0.357 e. The third-order valence-electron chi connectivity index (χ3n) is 8.35. The maximum absolute atomic E-state index is 13.8. The molecular formula is C34H30N4O5S. The van der Waals surface area contributed by atoms with Crippen LogP contribution in [-0.4, -0.2) is 56.9 Å². The van der Waals surface area contributed by atoms with Crippen LogP contribution in [0.3, 0.4) is 0 Å². The fraction of sp³-hybridized carbons (Fsp3) is 0.265. The summed E-state index contributed by atoms with van der Waals surface area (Å²) in [5, 5.41) is 2.28. The molecule has 4 heterocycles. The molecule has 1 fully saturated rings. The van der Waals surface area contributed by atoms with Crippen LogP contribution < -0.4 is 0 Å². The number of thiazole rings is 1. The van der Waals surface area contributed by atoms with Crippen LogP contribution >= 0.6 is 11.3 Å². The third-order valence-corrected chi connectivity index (χ3v) is 9.30. The molecule has 1 aliphatic carbocycles. The highest BCUT2D eigenvalue weighted by Gasteiger charge is 2.40. The number of aromatic nitrogens is 3. The van der Waals surface area contributed by atoms with Crippen molar-refractivity contribution in [3.05, 3.63) is 112 Å². The Morgan fingerprint density at radius 2 is 1.64 bits per heavy atom. The van der Waals surface area contributed by atoms with Crippen molar-refractivity contribution in [1.82, 2.24) is 19.3 Å². The second kappa shape index (κ2) is 11.7. The molecule has 0 spiro atoms. The average Bonchev–Trinajstić information content (AvgIpc) is 3.84. The van der Waals surface area contributed by atoms with E-state index in [1.54, 1.807) is 27.8 Å². The number of hydrogen-bond donors (Lipinski definition) is 0. The van der Waals surface area contributed by atoms with Crippen LogP contribution in [0.4, 0.5) is 0 Å². The Labute approximate surface area is 258 Å². The molecule has 3 aromatic heterocycles. The van der Waals surface area contributed by atoms with Crippen LogP contribution in [0.25, 0.3) is 16.8 Å². The van der Waals surface area contributed by atoms with Gasteiger partial charge in [0.2, 0.25) is 0 Å². The van der Waals surface area contributed by atoms with E-state index in [-0.39, 0.29) is 49.0 Å². The Kier molecular flexibility index (Phi) is 7.43. The monoisotopic (exact) mass is 606 g/mol. The van der Waals surface area contributed by atoms with Gasteiger partial charge >= 0.3 is 11.9 Å². The minimum absolute atomic E-state index is 0.0209. The fourth-order valence-electron chi connectivity index (χ4n) is 6.36. The molecule has 222 valence electrons.